The Hall–Kier alpha value is -1.02. The van der Waals surface area contributed by atoms with Crippen LogP contribution in [0.1, 0.15) is 57.4 Å². The van der Waals surface area contributed by atoms with Gasteiger partial charge in [0.2, 0.25) is 5.91 Å². The second kappa shape index (κ2) is 11.6. The Morgan fingerprint density at radius 1 is 1.05 bits per heavy atom. The summed E-state index contributed by atoms with van der Waals surface area (Å²) in [6.45, 7) is 3.52. The Balaban J connectivity index is 2.32. The van der Waals surface area contributed by atoms with Crippen molar-refractivity contribution in [2.45, 2.75) is 58.4 Å². The lowest BCUT2D eigenvalue weighted by molar-refractivity contribution is -0.131. The van der Waals surface area contributed by atoms with Crippen molar-refractivity contribution in [1.29, 1.82) is 0 Å². The number of unbranched alkanes of at least 4 members (excludes halogenated alkanes) is 5. The van der Waals surface area contributed by atoms with Gasteiger partial charge in [-0.15, -0.1) is 11.6 Å². The van der Waals surface area contributed by atoms with E-state index in [0.29, 0.717) is 25.4 Å². The molecular weight excluding hydrogens is 282 g/mol. The number of rotatable bonds is 11. The molecule has 0 aliphatic rings. The minimum absolute atomic E-state index is 0.231. The van der Waals surface area contributed by atoms with Crippen LogP contribution in [-0.4, -0.2) is 23.2 Å². The topological polar surface area (TPSA) is 20.3 Å². The molecule has 0 atom stereocenters. The number of nitrogens with zero attached hydrogens (tertiary/aromatic N) is 1. The summed E-state index contributed by atoms with van der Waals surface area (Å²) >= 11 is 5.83. The van der Waals surface area contributed by atoms with Crippen molar-refractivity contribution in [3.05, 3.63) is 35.9 Å². The van der Waals surface area contributed by atoms with Crippen LogP contribution < -0.4 is 0 Å². The average Bonchev–Trinajstić information content (AvgIpc) is 2.51. The van der Waals surface area contributed by atoms with E-state index >= 15 is 0 Å². The van der Waals surface area contributed by atoms with Crippen molar-refractivity contribution in [3.8, 4) is 0 Å². The van der Waals surface area contributed by atoms with Crippen LogP contribution in [0, 0.1) is 0 Å². The zero-order chi connectivity index (χ0) is 15.3. The zero-order valence-electron chi connectivity index (χ0n) is 13.2. The molecule has 0 aliphatic heterocycles. The molecule has 1 aromatic rings. The van der Waals surface area contributed by atoms with Crippen molar-refractivity contribution in [3.63, 3.8) is 0 Å². The molecule has 0 bridgehead atoms. The number of halogens is 1. The second-order valence-electron chi connectivity index (χ2n) is 5.51. The van der Waals surface area contributed by atoms with Crippen LogP contribution in [0.4, 0.5) is 0 Å². The Labute approximate surface area is 134 Å². The van der Waals surface area contributed by atoms with Crippen molar-refractivity contribution < 1.29 is 4.79 Å². The van der Waals surface area contributed by atoms with Gasteiger partial charge in [-0.25, -0.2) is 0 Å². The van der Waals surface area contributed by atoms with Crippen molar-refractivity contribution in [2.24, 2.45) is 0 Å². The van der Waals surface area contributed by atoms with E-state index in [1.807, 2.05) is 23.1 Å². The zero-order valence-corrected chi connectivity index (χ0v) is 13.9. The molecule has 0 unspecified atom stereocenters. The van der Waals surface area contributed by atoms with Gasteiger partial charge in [0.15, 0.2) is 0 Å². The quantitative estimate of drug-likeness (QED) is 0.416. The predicted octanol–water partition coefficient (Wildman–Crippen LogP) is 5.00. The minimum atomic E-state index is 0.231. The van der Waals surface area contributed by atoms with Gasteiger partial charge in [0.05, 0.1) is 0 Å². The van der Waals surface area contributed by atoms with Crippen LogP contribution in [0.2, 0.25) is 0 Å². The Kier molecular flexibility index (Phi) is 9.98. The van der Waals surface area contributed by atoms with Gasteiger partial charge in [0.25, 0.3) is 0 Å². The van der Waals surface area contributed by atoms with Crippen LogP contribution >= 0.6 is 11.6 Å². The molecule has 118 valence electrons. The monoisotopic (exact) mass is 309 g/mol. The number of hydrogen-bond acceptors (Lipinski definition) is 1. The molecule has 2 nitrogen and oxygen atoms in total. The SMILES string of the molecule is CCCCCCCCC(=O)N(CCCl)Cc1ccccc1. The molecule has 0 heterocycles. The summed E-state index contributed by atoms with van der Waals surface area (Å²) in [7, 11) is 0. The molecule has 0 spiro atoms. The van der Waals surface area contributed by atoms with E-state index < -0.39 is 0 Å². The van der Waals surface area contributed by atoms with E-state index in [-0.39, 0.29) is 5.91 Å². The molecule has 0 N–H and O–H groups in total. The Bertz CT molecular complexity index is 380. The molecule has 21 heavy (non-hydrogen) atoms. The summed E-state index contributed by atoms with van der Waals surface area (Å²) in [6, 6.07) is 10.1. The van der Waals surface area contributed by atoms with E-state index in [0.717, 1.165) is 12.8 Å². The molecule has 1 amide bonds. The number of hydrogen-bond donors (Lipinski definition) is 0. The number of alkyl halides is 1. The molecule has 1 rings (SSSR count). The van der Waals surface area contributed by atoms with Crippen LogP contribution in [0.5, 0.6) is 0 Å². The molecule has 0 fully saturated rings. The molecule has 1 aromatic carbocycles. The largest absolute Gasteiger partial charge is 0.337 e. The van der Waals surface area contributed by atoms with Crippen LogP contribution in [0.15, 0.2) is 30.3 Å². The summed E-state index contributed by atoms with van der Waals surface area (Å²) in [5, 5.41) is 0. The lowest BCUT2D eigenvalue weighted by atomic mass is 10.1. The van der Waals surface area contributed by atoms with Gasteiger partial charge < -0.3 is 4.90 Å². The van der Waals surface area contributed by atoms with E-state index in [1.165, 1.54) is 31.2 Å². The predicted molar refractivity (Wildman–Crippen MR) is 90.6 cm³/mol. The first-order valence-corrected chi connectivity index (χ1v) is 8.69. The third kappa shape index (κ3) is 8.11. The van der Waals surface area contributed by atoms with Crippen molar-refractivity contribution in [2.75, 3.05) is 12.4 Å². The fourth-order valence-electron chi connectivity index (χ4n) is 2.41. The maximum Gasteiger partial charge on any atom is 0.222 e. The fraction of sp³-hybridized carbons (Fsp3) is 0.611. The number of carbonyl (C=O) groups is 1. The highest BCUT2D eigenvalue weighted by Gasteiger charge is 2.12. The van der Waals surface area contributed by atoms with Crippen LogP contribution in [-0.2, 0) is 11.3 Å². The lowest BCUT2D eigenvalue weighted by Crippen LogP contribution is -2.32. The van der Waals surface area contributed by atoms with Gasteiger partial charge in [0.1, 0.15) is 0 Å². The van der Waals surface area contributed by atoms with Crippen molar-refractivity contribution >= 4 is 17.5 Å². The molecule has 0 saturated carbocycles. The van der Waals surface area contributed by atoms with Crippen LogP contribution in [0.3, 0.4) is 0 Å². The highest BCUT2D eigenvalue weighted by atomic mass is 35.5. The summed E-state index contributed by atoms with van der Waals surface area (Å²) in [5.74, 6) is 0.727. The van der Waals surface area contributed by atoms with E-state index in [9.17, 15) is 4.79 Å². The second-order valence-corrected chi connectivity index (χ2v) is 5.89. The maximum absolute atomic E-state index is 12.3. The van der Waals surface area contributed by atoms with Gasteiger partial charge in [-0.3, -0.25) is 4.79 Å². The summed E-state index contributed by atoms with van der Waals surface area (Å²) < 4.78 is 0. The normalized spacial score (nSPS) is 10.6. The molecule has 0 aliphatic carbocycles. The number of benzene rings is 1. The molecule has 3 heteroatoms. The van der Waals surface area contributed by atoms with Crippen molar-refractivity contribution in [1.82, 2.24) is 4.90 Å². The molecule has 0 aromatic heterocycles. The third-order valence-corrected chi connectivity index (χ3v) is 3.84. The minimum Gasteiger partial charge on any atom is -0.337 e. The van der Waals surface area contributed by atoms with Gasteiger partial charge >= 0.3 is 0 Å². The first-order chi connectivity index (χ1) is 10.3. The van der Waals surface area contributed by atoms with E-state index in [1.54, 1.807) is 0 Å². The standard InChI is InChI=1S/C18H28ClNO/c1-2-3-4-5-6-10-13-18(21)20(15-14-19)16-17-11-8-7-9-12-17/h7-9,11-12H,2-6,10,13-16H2,1H3. The molecule has 0 saturated heterocycles. The van der Waals surface area contributed by atoms with Gasteiger partial charge in [0, 0.05) is 25.4 Å². The van der Waals surface area contributed by atoms with Gasteiger partial charge in [-0.05, 0) is 12.0 Å². The Morgan fingerprint density at radius 3 is 2.38 bits per heavy atom. The first-order valence-electron chi connectivity index (χ1n) is 8.15. The highest BCUT2D eigenvalue weighted by molar-refractivity contribution is 6.18. The summed E-state index contributed by atoms with van der Waals surface area (Å²) in [4.78, 5) is 14.2. The van der Waals surface area contributed by atoms with E-state index in [2.05, 4.69) is 19.1 Å². The smallest absolute Gasteiger partial charge is 0.222 e. The summed E-state index contributed by atoms with van der Waals surface area (Å²) in [5.41, 5.74) is 1.17. The summed E-state index contributed by atoms with van der Waals surface area (Å²) in [6.07, 6.45) is 7.91. The molecular formula is C18H28ClNO. The van der Waals surface area contributed by atoms with Crippen LogP contribution in [0.25, 0.3) is 0 Å². The highest BCUT2D eigenvalue weighted by Crippen LogP contribution is 2.11. The van der Waals surface area contributed by atoms with Gasteiger partial charge in [-0.2, -0.15) is 0 Å². The average molecular weight is 310 g/mol. The molecule has 0 radical (unpaired) electrons. The fourth-order valence-corrected chi connectivity index (χ4v) is 2.62. The van der Waals surface area contributed by atoms with E-state index in [4.69, 9.17) is 11.6 Å². The number of carbonyl (C=O) groups excluding carboxylic acids is 1. The Morgan fingerprint density at radius 2 is 1.71 bits per heavy atom. The first kappa shape index (κ1) is 18.0. The third-order valence-electron chi connectivity index (χ3n) is 3.67. The lowest BCUT2D eigenvalue weighted by Gasteiger charge is -2.22. The van der Waals surface area contributed by atoms with Gasteiger partial charge in [-0.1, -0.05) is 69.4 Å². The number of amides is 1. The maximum atomic E-state index is 12.3.